The van der Waals surface area contributed by atoms with E-state index in [1.165, 1.54) is 24.8 Å². The van der Waals surface area contributed by atoms with Crippen molar-refractivity contribution in [3.05, 3.63) is 57.6 Å². The molecule has 0 amide bonds. The molecular weight excluding hydrogens is 356 g/mol. The summed E-state index contributed by atoms with van der Waals surface area (Å²) >= 11 is 0. The van der Waals surface area contributed by atoms with Crippen molar-refractivity contribution in [1.29, 1.82) is 0 Å². The predicted molar refractivity (Wildman–Crippen MR) is 106 cm³/mol. The lowest BCUT2D eigenvalue weighted by Gasteiger charge is -2.43. The molecule has 0 spiro atoms. The number of nitrogens with zero attached hydrogens (tertiary/aromatic N) is 1. The quantitative estimate of drug-likeness (QED) is 0.603. The van der Waals surface area contributed by atoms with Crippen LogP contribution in [0.25, 0.3) is 0 Å². The number of anilines is 1. The second-order valence-corrected chi connectivity index (χ2v) is 8.20. The van der Waals surface area contributed by atoms with Gasteiger partial charge in [-0.05, 0) is 72.3 Å². The van der Waals surface area contributed by atoms with Crippen molar-refractivity contribution in [2.75, 3.05) is 19.5 Å². The lowest BCUT2D eigenvalue weighted by Crippen LogP contribution is -2.35. The smallest absolute Gasteiger partial charge is 0.269 e. The van der Waals surface area contributed by atoms with Gasteiger partial charge in [-0.25, -0.2) is 0 Å². The molecule has 5 rings (SSSR count). The van der Waals surface area contributed by atoms with E-state index in [1.807, 2.05) is 12.1 Å². The van der Waals surface area contributed by atoms with Gasteiger partial charge in [0, 0.05) is 17.8 Å². The third-order valence-corrected chi connectivity index (χ3v) is 7.05. The Kier molecular flexibility index (Phi) is 3.96. The van der Waals surface area contributed by atoms with Crippen LogP contribution in [0.3, 0.4) is 0 Å². The zero-order valence-electron chi connectivity index (χ0n) is 16.1. The standard InChI is InChI=1S/C22H24N2O4/c1-27-18-8-5-14(10-19(18)28-2)22-21-13-4-3-12(9-13)20(21)16-11-15(24(25)26)6-7-17(16)23-22/h5-8,10-13,20-23H,3-4,9H2,1-2H3/t12-,13-,20+,21-,22-/m0/s1. The van der Waals surface area contributed by atoms with Crippen LogP contribution in [0.5, 0.6) is 11.5 Å². The van der Waals surface area contributed by atoms with Gasteiger partial charge in [0.1, 0.15) is 0 Å². The third kappa shape index (κ3) is 2.47. The maximum atomic E-state index is 11.3. The molecule has 2 aromatic carbocycles. The fourth-order valence-corrected chi connectivity index (χ4v) is 5.96. The van der Waals surface area contributed by atoms with E-state index in [1.54, 1.807) is 26.4 Å². The number of hydrogen-bond acceptors (Lipinski definition) is 5. The van der Waals surface area contributed by atoms with Crippen molar-refractivity contribution in [3.8, 4) is 11.5 Å². The first kappa shape index (κ1) is 17.3. The van der Waals surface area contributed by atoms with E-state index in [0.717, 1.165) is 22.7 Å². The second kappa shape index (κ2) is 6.40. The van der Waals surface area contributed by atoms with Crippen molar-refractivity contribution in [2.45, 2.75) is 31.2 Å². The van der Waals surface area contributed by atoms with Gasteiger partial charge in [-0.15, -0.1) is 0 Å². The number of nitrogens with one attached hydrogen (secondary N) is 1. The molecule has 1 aliphatic heterocycles. The zero-order chi connectivity index (χ0) is 19.4. The summed E-state index contributed by atoms with van der Waals surface area (Å²) in [5.74, 6) is 3.58. The maximum absolute atomic E-state index is 11.3. The van der Waals surface area contributed by atoms with Crippen LogP contribution in [0, 0.1) is 27.9 Å². The summed E-state index contributed by atoms with van der Waals surface area (Å²) in [5, 5.41) is 15.0. The summed E-state index contributed by atoms with van der Waals surface area (Å²) in [6.07, 6.45) is 3.71. The Morgan fingerprint density at radius 2 is 1.82 bits per heavy atom. The Balaban J connectivity index is 1.60. The molecule has 6 nitrogen and oxygen atoms in total. The molecule has 0 unspecified atom stereocenters. The van der Waals surface area contributed by atoms with Crippen LogP contribution in [-0.2, 0) is 0 Å². The number of benzene rings is 2. The number of methoxy groups -OCH3 is 2. The Hall–Kier alpha value is -2.76. The molecule has 0 saturated heterocycles. The minimum Gasteiger partial charge on any atom is -0.493 e. The van der Waals surface area contributed by atoms with Crippen LogP contribution >= 0.6 is 0 Å². The number of nitro groups is 1. The zero-order valence-corrected chi connectivity index (χ0v) is 16.1. The summed E-state index contributed by atoms with van der Waals surface area (Å²) in [5.41, 5.74) is 3.53. The molecule has 5 atom stereocenters. The van der Waals surface area contributed by atoms with E-state index in [9.17, 15) is 10.1 Å². The Labute approximate surface area is 164 Å². The van der Waals surface area contributed by atoms with Crippen molar-refractivity contribution in [2.24, 2.45) is 17.8 Å². The van der Waals surface area contributed by atoms with Crippen LogP contribution in [0.1, 0.15) is 42.3 Å². The van der Waals surface area contributed by atoms with E-state index in [-0.39, 0.29) is 16.7 Å². The third-order valence-electron chi connectivity index (χ3n) is 7.05. The van der Waals surface area contributed by atoms with Gasteiger partial charge >= 0.3 is 0 Å². The van der Waals surface area contributed by atoms with Gasteiger partial charge in [0.2, 0.25) is 0 Å². The highest BCUT2D eigenvalue weighted by Gasteiger charge is 2.54. The van der Waals surface area contributed by atoms with Gasteiger partial charge in [0.25, 0.3) is 5.69 Å². The summed E-state index contributed by atoms with van der Waals surface area (Å²) in [4.78, 5) is 11.0. The molecule has 28 heavy (non-hydrogen) atoms. The molecule has 2 fully saturated rings. The Bertz CT molecular complexity index is 944. The summed E-state index contributed by atoms with van der Waals surface area (Å²) in [6, 6.07) is 11.6. The monoisotopic (exact) mass is 380 g/mol. The normalized spacial score (nSPS) is 29.6. The lowest BCUT2D eigenvalue weighted by atomic mass is 9.68. The average Bonchev–Trinajstić information content (AvgIpc) is 3.34. The summed E-state index contributed by atoms with van der Waals surface area (Å²) in [6.45, 7) is 0. The first-order valence-corrected chi connectivity index (χ1v) is 9.87. The Morgan fingerprint density at radius 1 is 1.04 bits per heavy atom. The van der Waals surface area contributed by atoms with Crippen molar-refractivity contribution in [1.82, 2.24) is 0 Å². The van der Waals surface area contributed by atoms with E-state index < -0.39 is 0 Å². The van der Waals surface area contributed by atoms with E-state index >= 15 is 0 Å². The molecule has 0 aromatic heterocycles. The largest absolute Gasteiger partial charge is 0.493 e. The molecule has 2 saturated carbocycles. The topological polar surface area (TPSA) is 73.6 Å². The van der Waals surface area contributed by atoms with Crippen molar-refractivity contribution in [3.63, 3.8) is 0 Å². The predicted octanol–water partition coefficient (Wildman–Crippen LogP) is 4.91. The molecule has 1 N–H and O–H groups in total. The van der Waals surface area contributed by atoms with Gasteiger partial charge in [0.05, 0.1) is 25.2 Å². The van der Waals surface area contributed by atoms with Crippen LogP contribution in [0.2, 0.25) is 0 Å². The van der Waals surface area contributed by atoms with E-state index in [4.69, 9.17) is 9.47 Å². The molecule has 1 heterocycles. The minimum atomic E-state index is -0.289. The van der Waals surface area contributed by atoms with Crippen molar-refractivity contribution >= 4 is 11.4 Å². The van der Waals surface area contributed by atoms with Gasteiger partial charge in [-0.2, -0.15) is 0 Å². The van der Waals surface area contributed by atoms with Crippen LogP contribution in [0.15, 0.2) is 36.4 Å². The summed E-state index contributed by atoms with van der Waals surface area (Å²) in [7, 11) is 3.30. The van der Waals surface area contributed by atoms with E-state index in [2.05, 4.69) is 17.4 Å². The SMILES string of the molecule is COc1ccc([C@@H]2Nc3ccc([N+](=O)[O-])cc3[C@H]3[C@H]4CC[C@@H](C4)[C@@H]32)cc1OC. The number of non-ortho nitro benzene ring substituents is 1. The first-order valence-electron chi connectivity index (χ1n) is 9.87. The molecule has 3 aliphatic rings. The van der Waals surface area contributed by atoms with Gasteiger partial charge in [0.15, 0.2) is 11.5 Å². The minimum absolute atomic E-state index is 0.175. The number of hydrogen-bond donors (Lipinski definition) is 1. The second-order valence-electron chi connectivity index (χ2n) is 8.20. The fourth-order valence-electron chi connectivity index (χ4n) is 5.96. The van der Waals surface area contributed by atoms with Gasteiger partial charge in [-0.1, -0.05) is 6.07 Å². The molecule has 6 heteroatoms. The van der Waals surface area contributed by atoms with Crippen LogP contribution in [-0.4, -0.2) is 19.1 Å². The first-order chi connectivity index (χ1) is 13.6. The van der Waals surface area contributed by atoms with Crippen LogP contribution < -0.4 is 14.8 Å². The number of ether oxygens (including phenoxy) is 2. The molecule has 2 aromatic rings. The average molecular weight is 380 g/mol. The fraction of sp³-hybridized carbons (Fsp3) is 0.455. The lowest BCUT2D eigenvalue weighted by molar-refractivity contribution is -0.384. The highest BCUT2D eigenvalue weighted by molar-refractivity contribution is 5.62. The van der Waals surface area contributed by atoms with Gasteiger partial charge in [-0.3, -0.25) is 10.1 Å². The molecule has 2 aliphatic carbocycles. The molecular formula is C22H24N2O4. The van der Waals surface area contributed by atoms with E-state index in [0.29, 0.717) is 23.7 Å². The number of rotatable bonds is 4. The number of nitro benzene ring substituents is 1. The Morgan fingerprint density at radius 3 is 2.57 bits per heavy atom. The van der Waals surface area contributed by atoms with Crippen LogP contribution in [0.4, 0.5) is 11.4 Å². The molecule has 146 valence electrons. The highest BCUT2D eigenvalue weighted by Crippen LogP contribution is 2.64. The number of fused-ring (bicyclic) bond motifs is 7. The van der Waals surface area contributed by atoms with Gasteiger partial charge < -0.3 is 14.8 Å². The maximum Gasteiger partial charge on any atom is 0.269 e. The van der Waals surface area contributed by atoms with Crippen molar-refractivity contribution < 1.29 is 14.4 Å². The highest BCUT2D eigenvalue weighted by atomic mass is 16.6. The molecule has 0 radical (unpaired) electrons. The molecule has 2 bridgehead atoms. The summed E-state index contributed by atoms with van der Waals surface area (Å²) < 4.78 is 10.9.